The van der Waals surface area contributed by atoms with Gasteiger partial charge < -0.3 is 4.90 Å². The van der Waals surface area contributed by atoms with E-state index in [0.717, 1.165) is 25.0 Å². The van der Waals surface area contributed by atoms with E-state index in [9.17, 15) is 4.79 Å². The van der Waals surface area contributed by atoms with E-state index in [2.05, 4.69) is 9.88 Å². The van der Waals surface area contributed by atoms with Crippen LogP contribution in [0.25, 0.3) is 10.9 Å². The van der Waals surface area contributed by atoms with Gasteiger partial charge in [0, 0.05) is 6.54 Å². The van der Waals surface area contributed by atoms with Crippen molar-refractivity contribution in [1.29, 1.82) is 0 Å². The Morgan fingerprint density at radius 1 is 1.05 bits per heavy atom. The van der Waals surface area contributed by atoms with Gasteiger partial charge in [-0.1, -0.05) is 18.6 Å². The van der Waals surface area contributed by atoms with Gasteiger partial charge in [0.15, 0.2) is 0 Å². The lowest BCUT2D eigenvalue weighted by molar-refractivity contribution is 0.222. The van der Waals surface area contributed by atoms with Crippen LogP contribution in [0.3, 0.4) is 0 Å². The zero-order valence-electron chi connectivity index (χ0n) is 12.2. The zero-order valence-corrected chi connectivity index (χ0v) is 13.0. The van der Waals surface area contributed by atoms with Crippen molar-refractivity contribution >= 4 is 23.3 Å². The molecule has 1 aromatic carbocycles. The van der Waals surface area contributed by atoms with Gasteiger partial charge in [-0.15, -0.1) is 12.4 Å². The number of para-hydroxylation sites is 1. The number of piperidine rings is 1. The first-order valence-electron chi connectivity index (χ1n) is 7.51. The summed E-state index contributed by atoms with van der Waals surface area (Å²) in [5.74, 6) is 0. The SMILES string of the molecule is Cl.O=c1c2ccccc2ncn1CCCN1CCCCC1. The Morgan fingerprint density at radius 2 is 1.81 bits per heavy atom. The van der Waals surface area contributed by atoms with Crippen LogP contribution in [0.1, 0.15) is 25.7 Å². The summed E-state index contributed by atoms with van der Waals surface area (Å²) >= 11 is 0. The van der Waals surface area contributed by atoms with Gasteiger partial charge in [0.2, 0.25) is 0 Å². The second-order valence-electron chi connectivity index (χ2n) is 5.52. The van der Waals surface area contributed by atoms with Gasteiger partial charge in [0.25, 0.3) is 5.56 Å². The molecule has 1 aliphatic heterocycles. The molecule has 0 bridgehead atoms. The number of fused-ring (bicyclic) bond motifs is 1. The minimum Gasteiger partial charge on any atom is -0.303 e. The standard InChI is InChI=1S/C16H21N3O.ClH/c20-16-14-7-2-3-8-15(14)17-13-19(16)12-6-11-18-9-4-1-5-10-18;/h2-3,7-8,13H,1,4-6,9-12H2;1H. The average Bonchev–Trinajstić information content (AvgIpc) is 2.51. The quantitative estimate of drug-likeness (QED) is 0.871. The monoisotopic (exact) mass is 307 g/mol. The molecule has 0 amide bonds. The highest BCUT2D eigenvalue weighted by atomic mass is 35.5. The molecule has 2 aromatic rings. The van der Waals surface area contributed by atoms with Crippen LogP contribution in [-0.4, -0.2) is 34.1 Å². The Morgan fingerprint density at radius 3 is 2.62 bits per heavy atom. The van der Waals surface area contributed by atoms with Crippen LogP contribution in [0.4, 0.5) is 0 Å². The predicted octanol–water partition coefficient (Wildman–Crippen LogP) is 2.69. The summed E-state index contributed by atoms with van der Waals surface area (Å²) in [5, 5.41) is 0.716. The maximum Gasteiger partial charge on any atom is 0.261 e. The van der Waals surface area contributed by atoms with E-state index in [1.165, 1.54) is 32.4 Å². The van der Waals surface area contributed by atoms with Crippen molar-refractivity contribution in [3.05, 3.63) is 40.9 Å². The largest absolute Gasteiger partial charge is 0.303 e. The van der Waals surface area contributed by atoms with Gasteiger partial charge in [0.1, 0.15) is 0 Å². The Hall–Kier alpha value is -1.39. The fourth-order valence-corrected chi connectivity index (χ4v) is 2.91. The molecule has 0 radical (unpaired) electrons. The van der Waals surface area contributed by atoms with Gasteiger partial charge >= 0.3 is 0 Å². The summed E-state index contributed by atoms with van der Waals surface area (Å²) < 4.78 is 1.74. The Balaban J connectivity index is 0.00000161. The Kier molecular flexibility index (Phi) is 5.76. The van der Waals surface area contributed by atoms with E-state index < -0.39 is 0 Å². The third-order valence-corrected chi connectivity index (χ3v) is 4.05. The van der Waals surface area contributed by atoms with Gasteiger partial charge in [-0.3, -0.25) is 9.36 Å². The molecule has 0 unspecified atom stereocenters. The summed E-state index contributed by atoms with van der Waals surface area (Å²) in [6.07, 6.45) is 6.69. The zero-order chi connectivity index (χ0) is 13.8. The fraction of sp³-hybridized carbons (Fsp3) is 0.500. The highest BCUT2D eigenvalue weighted by Crippen LogP contribution is 2.09. The highest BCUT2D eigenvalue weighted by Gasteiger charge is 2.09. The van der Waals surface area contributed by atoms with E-state index in [1.54, 1.807) is 10.9 Å². The minimum absolute atomic E-state index is 0. The number of likely N-dealkylation sites (tertiary alicyclic amines) is 1. The first kappa shape index (κ1) is 16.0. The van der Waals surface area contributed by atoms with Gasteiger partial charge in [-0.05, 0) is 51.0 Å². The molecule has 0 saturated carbocycles. The second-order valence-corrected chi connectivity index (χ2v) is 5.52. The van der Waals surface area contributed by atoms with Crippen molar-refractivity contribution in [3.8, 4) is 0 Å². The van der Waals surface area contributed by atoms with E-state index in [-0.39, 0.29) is 18.0 Å². The molecule has 5 heteroatoms. The topological polar surface area (TPSA) is 38.1 Å². The molecule has 0 N–H and O–H groups in total. The third kappa shape index (κ3) is 3.83. The molecule has 0 aliphatic carbocycles. The molecule has 2 heterocycles. The molecule has 4 nitrogen and oxygen atoms in total. The third-order valence-electron chi connectivity index (χ3n) is 4.05. The maximum atomic E-state index is 12.3. The van der Waals surface area contributed by atoms with Crippen molar-refractivity contribution in [2.45, 2.75) is 32.2 Å². The minimum atomic E-state index is 0. The van der Waals surface area contributed by atoms with Crippen molar-refractivity contribution in [1.82, 2.24) is 14.5 Å². The molecule has 0 spiro atoms. The number of aryl methyl sites for hydroxylation is 1. The number of halogens is 1. The van der Waals surface area contributed by atoms with Crippen LogP contribution < -0.4 is 5.56 Å². The molecule has 1 aromatic heterocycles. The molecular formula is C16H22ClN3O. The van der Waals surface area contributed by atoms with Crippen molar-refractivity contribution in [2.75, 3.05) is 19.6 Å². The fourth-order valence-electron chi connectivity index (χ4n) is 2.91. The first-order chi connectivity index (χ1) is 9.84. The van der Waals surface area contributed by atoms with Crippen molar-refractivity contribution < 1.29 is 0 Å². The molecule has 1 fully saturated rings. The summed E-state index contributed by atoms with van der Waals surface area (Å²) in [4.78, 5) is 19.2. The lowest BCUT2D eigenvalue weighted by Gasteiger charge is -2.26. The molecule has 114 valence electrons. The van der Waals surface area contributed by atoms with Gasteiger partial charge in [-0.2, -0.15) is 0 Å². The van der Waals surface area contributed by atoms with Gasteiger partial charge in [-0.25, -0.2) is 4.98 Å². The molecule has 0 atom stereocenters. The molecule has 1 saturated heterocycles. The van der Waals surface area contributed by atoms with Crippen molar-refractivity contribution in [3.63, 3.8) is 0 Å². The van der Waals surface area contributed by atoms with Crippen LogP contribution in [-0.2, 0) is 6.54 Å². The number of nitrogens with zero attached hydrogens (tertiary/aromatic N) is 3. The number of aromatic nitrogens is 2. The molecular weight excluding hydrogens is 286 g/mol. The van der Waals surface area contributed by atoms with E-state index >= 15 is 0 Å². The summed E-state index contributed by atoms with van der Waals surface area (Å²) in [7, 11) is 0. The molecule has 21 heavy (non-hydrogen) atoms. The maximum absolute atomic E-state index is 12.3. The highest BCUT2D eigenvalue weighted by molar-refractivity contribution is 5.85. The Labute approximate surface area is 131 Å². The van der Waals surface area contributed by atoms with Crippen LogP contribution in [0.2, 0.25) is 0 Å². The van der Waals surface area contributed by atoms with E-state index in [4.69, 9.17) is 0 Å². The van der Waals surface area contributed by atoms with Gasteiger partial charge in [0.05, 0.1) is 17.2 Å². The summed E-state index contributed by atoms with van der Waals surface area (Å²) in [6, 6.07) is 7.54. The number of benzene rings is 1. The van der Waals surface area contributed by atoms with E-state index in [0.29, 0.717) is 5.39 Å². The van der Waals surface area contributed by atoms with Crippen LogP contribution >= 0.6 is 12.4 Å². The van der Waals surface area contributed by atoms with Crippen LogP contribution in [0, 0.1) is 0 Å². The van der Waals surface area contributed by atoms with E-state index in [1.807, 2.05) is 24.3 Å². The normalized spacial score (nSPS) is 15.8. The van der Waals surface area contributed by atoms with Crippen LogP contribution in [0.5, 0.6) is 0 Å². The summed E-state index contributed by atoms with van der Waals surface area (Å²) in [6.45, 7) is 4.27. The average molecular weight is 308 g/mol. The smallest absolute Gasteiger partial charge is 0.261 e. The van der Waals surface area contributed by atoms with Crippen LogP contribution in [0.15, 0.2) is 35.4 Å². The number of hydrogen-bond donors (Lipinski definition) is 0. The summed E-state index contributed by atoms with van der Waals surface area (Å²) in [5.41, 5.74) is 0.860. The predicted molar refractivity (Wildman–Crippen MR) is 88.2 cm³/mol. The van der Waals surface area contributed by atoms with Crippen molar-refractivity contribution in [2.24, 2.45) is 0 Å². The Bertz CT molecular complexity index is 635. The molecule has 3 rings (SSSR count). The number of rotatable bonds is 4. The second kappa shape index (κ2) is 7.57. The molecule has 1 aliphatic rings. The first-order valence-corrected chi connectivity index (χ1v) is 7.51. The number of hydrogen-bond acceptors (Lipinski definition) is 3. The lowest BCUT2D eigenvalue weighted by Crippen LogP contribution is -2.31. The lowest BCUT2D eigenvalue weighted by atomic mass is 10.1.